The van der Waals surface area contributed by atoms with Gasteiger partial charge in [0.25, 0.3) is 0 Å². The average Bonchev–Trinajstić information content (AvgIpc) is 3.02. The molecule has 1 aliphatic rings. The second kappa shape index (κ2) is 6.95. The monoisotopic (exact) mass is 387 g/mol. The highest BCUT2D eigenvalue weighted by Gasteiger charge is 2.39. The van der Waals surface area contributed by atoms with Crippen LogP contribution in [0.4, 0.5) is 28.9 Å². The Hall–Kier alpha value is -2.86. The predicted molar refractivity (Wildman–Crippen MR) is 100 cm³/mol. The minimum atomic E-state index is -4.77. The largest absolute Gasteiger partial charge is 0.416 e. The number of rotatable bonds is 4. The van der Waals surface area contributed by atoms with Gasteiger partial charge >= 0.3 is 6.18 Å². The highest BCUT2D eigenvalue weighted by Crippen LogP contribution is 2.39. The molecule has 6 heteroatoms. The fraction of sp³-hybridized carbons (Fsp3) is 0.182. The van der Waals surface area contributed by atoms with Crippen molar-refractivity contribution < 1.29 is 22.7 Å². The van der Waals surface area contributed by atoms with Crippen molar-refractivity contribution in [1.82, 2.24) is 0 Å². The van der Waals surface area contributed by atoms with Gasteiger partial charge < -0.3 is 10.0 Å². The maximum Gasteiger partial charge on any atom is 0.416 e. The molecule has 1 atom stereocenters. The summed E-state index contributed by atoms with van der Waals surface area (Å²) >= 11 is 0. The molecule has 0 spiro atoms. The van der Waals surface area contributed by atoms with Crippen LogP contribution in [-0.4, -0.2) is 23.9 Å². The standard InChI is InChI=1S/C22H17F4NO/c23-16-5-3-6-17(12-16)27(13-21(28)22(24,25)26)18-8-9-20-15(11-18)10-14-4-1-2-7-19(14)20/h1-9,11-12,21,28H,10,13H2. The molecule has 0 bridgehead atoms. The van der Waals surface area contributed by atoms with Crippen molar-refractivity contribution in [3.05, 3.63) is 83.7 Å². The predicted octanol–water partition coefficient (Wildman–Crippen LogP) is 5.46. The van der Waals surface area contributed by atoms with Crippen LogP contribution >= 0.6 is 0 Å². The van der Waals surface area contributed by atoms with Gasteiger partial charge in [-0.2, -0.15) is 13.2 Å². The molecule has 3 aromatic carbocycles. The van der Waals surface area contributed by atoms with Gasteiger partial charge in [0.15, 0.2) is 6.10 Å². The van der Waals surface area contributed by atoms with Gasteiger partial charge in [0, 0.05) is 11.4 Å². The van der Waals surface area contributed by atoms with Crippen molar-refractivity contribution in [3.8, 4) is 11.1 Å². The van der Waals surface area contributed by atoms with E-state index in [1.54, 1.807) is 6.07 Å². The lowest BCUT2D eigenvalue weighted by Crippen LogP contribution is -2.39. The van der Waals surface area contributed by atoms with E-state index in [2.05, 4.69) is 0 Å². The molecule has 0 saturated carbocycles. The third-order valence-electron chi connectivity index (χ3n) is 4.94. The summed E-state index contributed by atoms with van der Waals surface area (Å²) in [6, 6.07) is 18.6. The number of benzene rings is 3. The molecule has 0 aliphatic heterocycles. The topological polar surface area (TPSA) is 23.5 Å². The lowest BCUT2D eigenvalue weighted by Gasteiger charge is -2.29. The molecule has 28 heavy (non-hydrogen) atoms. The molecule has 2 nitrogen and oxygen atoms in total. The summed E-state index contributed by atoms with van der Waals surface area (Å²) in [4.78, 5) is 1.30. The number of hydrogen-bond acceptors (Lipinski definition) is 2. The van der Waals surface area contributed by atoms with Gasteiger partial charge in [-0.1, -0.05) is 36.4 Å². The zero-order valence-corrected chi connectivity index (χ0v) is 14.7. The van der Waals surface area contributed by atoms with Crippen molar-refractivity contribution >= 4 is 11.4 Å². The van der Waals surface area contributed by atoms with E-state index in [9.17, 15) is 22.7 Å². The Bertz CT molecular complexity index is 1020. The number of nitrogens with zero attached hydrogens (tertiary/aromatic N) is 1. The van der Waals surface area contributed by atoms with Gasteiger partial charge in [-0.05, 0) is 59.0 Å². The summed E-state index contributed by atoms with van der Waals surface area (Å²) in [6.45, 7) is -0.724. The van der Waals surface area contributed by atoms with Crippen LogP contribution in [0, 0.1) is 5.82 Å². The zero-order valence-electron chi connectivity index (χ0n) is 14.7. The molecule has 0 radical (unpaired) electrons. The van der Waals surface area contributed by atoms with Crippen molar-refractivity contribution in [2.24, 2.45) is 0 Å². The summed E-state index contributed by atoms with van der Waals surface area (Å²) in [5, 5.41) is 9.62. The molecule has 1 aliphatic carbocycles. The first kappa shape index (κ1) is 18.5. The van der Waals surface area contributed by atoms with Gasteiger partial charge in [-0.15, -0.1) is 0 Å². The quantitative estimate of drug-likeness (QED) is 0.470. The van der Waals surface area contributed by atoms with Gasteiger partial charge in [0.1, 0.15) is 5.82 Å². The molecule has 0 fully saturated rings. The fourth-order valence-corrected chi connectivity index (χ4v) is 3.58. The molecular weight excluding hydrogens is 370 g/mol. The minimum Gasteiger partial charge on any atom is -0.382 e. The van der Waals surface area contributed by atoms with E-state index in [4.69, 9.17) is 0 Å². The number of fused-ring (bicyclic) bond motifs is 3. The van der Waals surface area contributed by atoms with E-state index >= 15 is 0 Å². The smallest absolute Gasteiger partial charge is 0.382 e. The number of aliphatic hydroxyl groups excluding tert-OH is 1. The van der Waals surface area contributed by atoms with Crippen molar-refractivity contribution in [2.75, 3.05) is 11.4 Å². The first-order valence-corrected chi connectivity index (χ1v) is 8.82. The number of aliphatic hydroxyl groups is 1. The van der Waals surface area contributed by atoms with Crippen LogP contribution in [0.3, 0.4) is 0 Å². The van der Waals surface area contributed by atoms with E-state index in [0.29, 0.717) is 12.1 Å². The number of hydrogen-bond donors (Lipinski definition) is 1. The molecule has 0 aromatic heterocycles. The molecule has 0 heterocycles. The average molecular weight is 387 g/mol. The SMILES string of the molecule is OC(CN(c1cccc(F)c1)c1ccc2c(c1)Cc1ccccc1-2)C(F)(F)F. The van der Waals surface area contributed by atoms with Gasteiger partial charge in [-0.25, -0.2) is 4.39 Å². The normalized spacial score (nSPS) is 13.8. The summed E-state index contributed by atoms with van der Waals surface area (Å²) in [6.07, 6.45) is -6.64. The fourth-order valence-electron chi connectivity index (χ4n) is 3.58. The summed E-state index contributed by atoms with van der Waals surface area (Å²) in [5.41, 5.74) is 5.01. The Morgan fingerprint density at radius 2 is 1.57 bits per heavy atom. The van der Waals surface area contributed by atoms with E-state index in [1.807, 2.05) is 36.4 Å². The summed E-state index contributed by atoms with van der Waals surface area (Å²) in [5.74, 6) is -0.558. The Morgan fingerprint density at radius 1 is 0.857 bits per heavy atom. The lowest BCUT2D eigenvalue weighted by atomic mass is 10.0. The van der Waals surface area contributed by atoms with Crippen LogP contribution in [0.1, 0.15) is 11.1 Å². The molecular formula is C22H17F4NO. The summed E-state index contributed by atoms with van der Waals surface area (Å²) < 4.78 is 52.6. The van der Waals surface area contributed by atoms with Crippen LogP contribution in [0.2, 0.25) is 0 Å². The third kappa shape index (κ3) is 3.47. The van der Waals surface area contributed by atoms with E-state index < -0.39 is 24.6 Å². The number of halogens is 4. The van der Waals surface area contributed by atoms with Crippen molar-refractivity contribution in [3.63, 3.8) is 0 Å². The van der Waals surface area contributed by atoms with E-state index in [0.717, 1.165) is 28.3 Å². The molecule has 4 rings (SSSR count). The Labute approximate surface area is 159 Å². The molecule has 0 amide bonds. The first-order chi connectivity index (χ1) is 13.3. The van der Waals surface area contributed by atoms with Crippen molar-refractivity contribution in [1.29, 1.82) is 0 Å². The molecule has 144 valence electrons. The van der Waals surface area contributed by atoms with Crippen LogP contribution in [0.5, 0.6) is 0 Å². The van der Waals surface area contributed by atoms with Gasteiger partial charge in [0.2, 0.25) is 0 Å². The second-order valence-electron chi connectivity index (χ2n) is 6.82. The first-order valence-electron chi connectivity index (χ1n) is 8.82. The zero-order chi connectivity index (χ0) is 19.9. The number of anilines is 2. The Morgan fingerprint density at radius 3 is 2.32 bits per heavy atom. The maximum atomic E-state index is 13.7. The third-order valence-corrected chi connectivity index (χ3v) is 4.94. The molecule has 1 unspecified atom stereocenters. The Kier molecular flexibility index (Phi) is 4.59. The van der Waals surface area contributed by atoms with Crippen LogP contribution in [0.15, 0.2) is 66.7 Å². The molecule has 0 saturated heterocycles. The van der Waals surface area contributed by atoms with Gasteiger partial charge in [-0.3, -0.25) is 0 Å². The molecule has 1 N–H and O–H groups in total. The van der Waals surface area contributed by atoms with E-state index in [-0.39, 0.29) is 5.69 Å². The van der Waals surface area contributed by atoms with Gasteiger partial charge in [0.05, 0.1) is 6.54 Å². The molecule has 3 aromatic rings. The van der Waals surface area contributed by atoms with Crippen LogP contribution < -0.4 is 4.90 Å². The van der Waals surface area contributed by atoms with E-state index in [1.165, 1.54) is 23.1 Å². The number of alkyl halides is 3. The summed E-state index contributed by atoms with van der Waals surface area (Å²) in [7, 11) is 0. The van der Waals surface area contributed by atoms with Crippen molar-refractivity contribution in [2.45, 2.75) is 18.7 Å². The van der Waals surface area contributed by atoms with Crippen LogP contribution in [-0.2, 0) is 6.42 Å². The maximum absolute atomic E-state index is 13.7. The highest BCUT2D eigenvalue weighted by molar-refractivity contribution is 5.79. The second-order valence-corrected chi connectivity index (χ2v) is 6.82. The van der Waals surface area contributed by atoms with Crippen LogP contribution in [0.25, 0.3) is 11.1 Å². The lowest BCUT2D eigenvalue weighted by molar-refractivity contribution is -0.199. The Balaban J connectivity index is 1.74. The highest BCUT2D eigenvalue weighted by atomic mass is 19.4. The minimum absolute atomic E-state index is 0.249.